The van der Waals surface area contributed by atoms with Gasteiger partial charge in [-0.2, -0.15) is 0 Å². The van der Waals surface area contributed by atoms with E-state index >= 15 is 0 Å². The van der Waals surface area contributed by atoms with Gasteiger partial charge in [-0.25, -0.2) is 8.42 Å². The van der Waals surface area contributed by atoms with E-state index < -0.39 is 9.05 Å². The van der Waals surface area contributed by atoms with Gasteiger partial charge in [0.05, 0.1) is 10.5 Å². The second-order valence-electron chi connectivity index (χ2n) is 4.89. The summed E-state index contributed by atoms with van der Waals surface area (Å²) in [5, 5.41) is 2.95. The van der Waals surface area contributed by atoms with E-state index in [-0.39, 0.29) is 22.4 Å². The Morgan fingerprint density at radius 1 is 1.25 bits per heavy atom. The molecule has 20 heavy (non-hydrogen) atoms. The number of hydrogen-bond acceptors (Lipinski definition) is 3. The summed E-state index contributed by atoms with van der Waals surface area (Å²) in [6.07, 6.45) is 5.37. The molecule has 1 N–H and O–H groups in total. The van der Waals surface area contributed by atoms with Crippen molar-refractivity contribution in [3.63, 3.8) is 0 Å². The molecule has 0 heterocycles. The van der Waals surface area contributed by atoms with Gasteiger partial charge < -0.3 is 5.32 Å². The second-order valence-corrected chi connectivity index (χ2v) is 8.31. The van der Waals surface area contributed by atoms with Crippen molar-refractivity contribution in [1.82, 2.24) is 5.32 Å². The predicted molar refractivity (Wildman–Crippen MR) is 81.5 cm³/mol. The number of halogens is 2. The van der Waals surface area contributed by atoms with E-state index in [0.717, 1.165) is 25.7 Å². The van der Waals surface area contributed by atoms with Crippen LogP contribution in [0.3, 0.4) is 0 Å². The lowest BCUT2D eigenvalue weighted by Crippen LogP contribution is -2.36. The van der Waals surface area contributed by atoms with Crippen molar-refractivity contribution in [3.05, 3.63) is 28.2 Å². The van der Waals surface area contributed by atoms with Crippen molar-refractivity contribution >= 4 is 41.6 Å². The monoisotopic (exact) mass is 379 g/mol. The summed E-state index contributed by atoms with van der Waals surface area (Å²) >= 11 is 3.26. The zero-order valence-corrected chi connectivity index (χ0v) is 13.9. The molecule has 0 radical (unpaired) electrons. The lowest BCUT2D eigenvalue weighted by Gasteiger charge is -2.23. The molecule has 4 nitrogen and oxygen atoms in total. The van der Waals surface area contributed by atoms with E-state index in [9.17, 15) is 13.2 Å². The molecule has 7 heteroatoms. The van der Waals surface area contributed by atoms with Crippen LogP contribution in [0.15, 0.2) is 27.6 Å². The van der Waals surface area contributed by atoms with E-state index in [1.807, 2.05) is 0 Å². The molecule has 0 bridgehead atoms. The fraction of sp³-hybridized carbons (Fsp3) is 0.462. The van der Waals surface area contributed by atoms with Crippen molar-refractivity contribution in [3.8, 4) is 0 Å². The van der Waals surface area contributed by atoms with Crippen LogP contribution in [-0.2, 0) is 9.05 Å². The predicted octanol–water partition coefficient (Wildman–Crippen LogP) is 3.44. The Labute approximate surface area is 131 Å². The quantitative estimate of drug-likeness (QED) is 0.817. The SMILES string of the molecule is O=C(NC1CCCCC1)c1cc(S(=O)(=O)Cl)ccc1Br. The second kappa shape index (κ2) is 6.45. The highest BCUT2D eigenvalue weighted by Gasteiger charge is 2.20. The van der Waals surface area contributed by atoms with Gasteiger partial charge in [-0.15, -0.1) is 0 Å². The minimum absolute atomic E-state index is 0.0730. The van der Waals surface area contributed by atoms with Crippen LogP contribution in [0.25, 0.3) is 0 Å². The first-order valence-electron chi connectivity index (χ1n) is 6.43. The number of nitrogens with one attached hydrogen (secondary N) is 1. The first kappa shape index (κ1) is 15.8. The highest BCUT2D eigenvalue weighted by molar-refractivity contribution is 9.10. The molecule has 0 aromatic heterocycles. The highest BCUT2D eigenvalue weighted by Crippen LogP contribution is 2.24. The highest BCUT2D eigenvalue weighted by atomic mass is 79.9. The smallest absolute Gasteiger partial charge is 0.261 e. The van der Waals surface area contributed by atoms with Crippen LogP contribution < -0.4 is 5.32 Å². The van der Waals surface area contributed by atoms with Gasteiger partial charge in [0.2, 0.25) is 0 Å². The Balaban J connectivity index is 2.20. The van der Waals surface area contributed by atoms with Crippen LogP contribution in [0.1, 0.15) is 42.5 Å². The van der Waals surface area contributed by atoms with Crippen LogP contribution in [0, 0.1) is 0 Å². The molecule has 1 fully saturated rings. The maximum absolute atomic E-state index is 12.2. The average Bonchev–Trinajstić information content (AvgIpc) is 2.39. The van der Waals surface area contributed by atoms with E-state index in [1.54, 1.807) is 0 Å². The van der Waals surface area contributed by atoms with Gasteiger partial charge in [-0.05, 0) is 47.0 Å². The number of carbonyl (C=O) groups excluding carboxylic acids is 1. The van der Waals surface area contributed by atoms with Gasteiger partial charge in [0.25, 0.3) is 15.0 Å². The summed E-state index contributed by atoms with van der Waals surface area (Å²) in [6, 6.07) is 4.35. The fourth-order valence-electron chi connectivity index (χ4n) is 2.34. The molecular weight excluding hydrogens is 366 g/mol. The normalized spacial score (nSPS) is 16.9. The van der Waals surface area contributed by atoms with Gasteiger partial charge >= 0.3 is 0 Å². The molecular formula is C13H15BrClNO3S. The summed E-state index contributed by atoms with van der Waals surface area (Å²) in [6.45, 7) is 0. The van der Waals surface area contributed by atoms with Crippen LogP contribution >= 0.6 is 26.6 Å². The van der Waals surface area contributed by atoms with Crippen molar-refractivity contribution in [1.29, 1.82) is 0 Å². The molecule has 0 spiro atoms. The molecule has 1 amide bonds. The number of amides is 1. The van der Waals surface area contributed by atoms with Crippen LogP contribution in [0.4, 0.5) is 0 Å². The zero-order chi connectivity index (χ0) is 14.8. The number of carbonyl (C=O) groups is 1. The summed E-state index contributed by atoms with van der Waals surface area (Å²) in [4.78, 5) is 12.2. The van der Waals surface area contributed by atoms with E-state index in [1.165, 1.54) is 24.6 Å². The molecule has 1 aliphatic carbocycles. The Bertz CT molecular complexity index is 612. The van der Waals surface area contributed by atoms with Gasteiger partial charge in [0.15, 0.2) is 0 Å². The molecule has 110 valence electrons. The standard InChI is InChI=1S/C13H15BrClNO3S/c14-12-7-6-10(20(15,18)19)8-11(12)13(17)16-9-4-2-1-3-5-9/h6-9H,1-5H2,(H,16,17). The Hall–Kier alpha value is -0.590. The summed E-state index contributed by atoms with van der Waals surface area (Å²) in [5.74, 6) is -0.272. The maximum Gasteiger partial charge on any atom is 0.261 e. The molecule has 0 saturated heterocycles. The van der Waals surface area contributed by atoms with Crippen LogP contribution in [0.5, 0.6) is 0 Å². The molecule has 2 rings (SSSR count). The van der Waals surface area contributed by atoms with Crippen molar-refractivity contribution in [2.45, 2.75) is 43.0 Å². The van der Waals surface area contributed by atoms with E-state index in [2.05, 4.69) is 21.2 Å². The van der Waals surface area contributed by atoms with E-state index in [4.69, 9.17) is 10.7 Å². The maximum atomic E-state index is 12.2. The average molecular weight is 381 g/mol. The lowest BCUT2D eigenvalue weighted by molar-refractivity contribution is 0.0926. The minimum Gasteiger partial charge on any atom is -0.349 e. The van der Waals surface area contributed by atoms with Gasteiger partial charge in [-0.3, -0.25) is 4.79 Å². The van der Waals surface area contributed by atoms with Gasteiger partial charge in [0.1, 0.15) is 0 Å². The third-order valence-corrected chi connectivity index (χ3v) is 5.45. The van der Waals surface area contributed by atoms with Crippen LogP contribution in [0.2, 0.25) is 0 Å². The molecule has 0 unspecified atom stereocenters. The number of benzene rings is 1. The van der Waals surface area contributed by atoms with Crippen LogP contribution in [-0.4, -0.2) is 20.4 Å². The first-order valence-corrected chi connectivity index (χ1v) is 9.53. The Morgan fingerprint density at radius 2 is 1.90 bits per heavy atom. The zero-order valence-electron chi connectivity index (χ0n) is 10.7. The molecule has 1 aromatic rings. The molecule has 1 saturated carbocycles. The molecule has 1 aliphatic rings. The van der Waals surface area contributed by atoms with E-state index in [0.29, 0.717) is 4.47 Å². The third-order valence-electron chi connectivity index (χ3n) is 3.40. The van der Waals surface area contributed by atoms with Gasteiger partial charge in [0, 0.05) is 21.2 Å². The first-order chi connectivity index (χ1) is 9.38. The lowest BCUT2D eigenvalue weighted by atomic mass is 9.95. The molecule has 0 atom stereocenters. The van der Waals surface area contributed by atoms with Crippen molar-refractivity contribution in [2.75, 3.05) is 0 Å². The van der Waals surface area contributed by atoms with Crippen molar-refractivity contribution < 1.29 is 13.2 Å². The third kappa shape index (κ3) is 3.96. The largest absolute Gasteiger partial charge is 0.349 e. The topological polar surface area (TPSA) is 63.2 Å². The minimum atomic E-state index is -3.84. The fourth-order valence-corrected chi connectivity index (χ4v) is 3.54. The Morgan fingerprint density at radius 3 is 2.50 bits per heavy atom. The summed E-state index contributed by atoms with van der Waals surface area (Å²) in [7, 11) is 1.47. The van der Waals surface area contributed by atoms with Crippen molar-refractivity contribution in [2.24, 2.45) is 0 Å². The summed E-state index contributed by atoms with van der Waals surface area (Å²) < 4.78 is 23.2. The molecule has 1 aromatic carbocycles. The van der Waals surface area contributed by atoms with Gasteiger partial charge in [-0.1, -0.05) is 19.3 Å². The molecule has 0 aliphatic heterocycles. The number of hydrogen-bond donors (Lipinski definition) is 1. The number of rotatable bonds is 3. The summed E-state index contributed by atoms with van der Waals surface area (Å²) in [5.41, 5.74) is 0.289. The Kier molecular flexibility index (Phi) is 5.09.